The fourth-order valence-corrected chi connectivity index (χ4v) is 1.31. The van der Waals surface area contributed by atoms with Crippen molar-refractivity contribution in [1.29, 1.82) is 0 Å². The highest BCUT2D eigenvalue weighted by Gasteiger charge is 2.16. The van der Waals surface area contributed by atoms with E-state index in [0.717, 1.165) is 0 Å². The topological polar surface area (TPSA) is 87.7 Å². The van der Waals surface area contributed by atoms with Crippen LogP contribution in [-0.2, 0) is 9.53 Å². The largest absolute Gasteiger partial charge is 0.480 e. The Labute approximate surface area is 111 Å². The fraction of sp³-hybridized carbons (Fsp3) is 0.385. The molecular formula is C13H18N2O4. The van der Waals surface area contributed by atoms with E-state index < -0.39 is 17.7 Å². The van der Waals surface area contributed by atoms with Crippen molar-refractivity contribution in [3.63, 3.8) is 0 Å². The van der Waals surface area contributed by atoms with Crippen LogP contribution < -0.4 is 10.6 Å². The maximum absolute atomic E-state index is 11.6. The number of carboxylic acid groups (broad SMARTS) is 1. The number of rotatable bonds is 4. The molecule has 6 nitrogen and oxygen atoms in total. The van der Waals surface area contributed by atoms with Gasteiger partial charge in [0.05, 0.1) is 0 Å². The lowest BCUT2D eigenvalue weighted by molar-refractivity contribution is -0.134. The SMILES string of the molecule is CC(C)(C)OC(=O)Nc1cccc(NCC(=O)O)c1. The molecule has 0 aromatic heterocycles. The van der Waals surface area contributed by atoms with Gasteiger partial charge in [-0.2, -0.15) is 0 Å². The van der Waals surface area contributed by atoms with Crippen molar-refractivity contribution in [3.8, 4) is 0 Å². The standard InChI is InChI=1S/C13H18N2O4/c1-13(2,3)19-12(18)15-10-6-4-5-9(7-10)14-8-11(16)17/h4-7,14H,8H2,1-3H3,(H,15,18)(H,16,17). The molecule has 104 valence electrons. The lowest BCUT2D eigenvalue weighted by Crippen LogP contribution is -2.27. The van der Waals surface area contributed by atoms with Crippen molar-refractivity contribution in [3.05, 3.63) is 24.3 Å². The van der Waals surface area contributed by atoms with Crippen LogP contribution >= 0.6 is 0 Å². The summed E-state index contributed by atoms with van der Waals surface area (Å²) in [5.74, 6) is -0.953. The Morgan fingerprint density at radius 1 is 1.26 bits per heavy atom. The summed E-state index contributed by atoms with van der Waals surface area (Å²) in [7, 11) is 0. The highest BCUT2D eigenvalue weighted by Crippen LogP contribution is 2.16. The Morgan fingerprint density at radius 2 is 1.89 bits per heavy atom. The first-order valence-corrected chi connectivity index (χ1v) is 5.82. The zero-order chi connectivity index (χ0) is 14.5. The molecule has 0 aliphatic heterocycles. The van der Waals surface area contributed by atoms with E-state index in [9.17, 15) is 9.59 Å². The third-order valence-corrected chi connectivity index (χ3v) is 1.95. The second-order valence-electron chi connectivity index (χ2n) is 4.95. The first kappa shape index (κ1) is 14.8. The summed E-state index contributed by atoms with van der Waals surface area (Å²) in [6, 6.07) is 6.74. The van der Waals surface area contributed by atoms with E-state index in [1.807, 2.05) is 0 Å². The molecule has 1 rings (SSSR count). The minimum Gasteiger partial charge on any atom is -0.480 e. The number of carboxylic acids is 1. The van der Waals surface area contributed by atoms with Crippen molar-refractivity contribution < 1.29 is 19.4 Å². The van der Waals surface area contributed by atoms with Crippen LogP contribution in [0.1, 0.15) is 20.8 Å². The molecule has 0 fully saturated rings. The number of carbonyl (C=O) groups excluding carboxylic acids is 1. The van der Waals surface area contributed by atoms with Crippen LogP contribution in [0.15, 0.2) is 24.3 Å². The monoisotopic (exact) mass is 266 g/mol. The van der Waals surface area contributed by atoms with Gasteiger partial charge in [-0.15, -0.1) is 0 Å². The second-order valence-corrected chi connectivity index (χ2v) is 4.95. The van der Waals surface area contributed by atoms with Crippen LogP contribution in [0.25, 0.3) is 0 Å². The molecule has 3 N–H and O–H groups in total. The molecule has 6 heteroatoms. The van der Waals surface area contributed by atoms with Crippen molar-refractivity contribution in [2.24, 2.45) is 0 Å². The second kappa shape index (κ2) is 6.08. The minimum absolute atomic E-state index is 0.185. The number of carbonyl (C=O) groups is 2. The summed E-state index contributed by atoms with van der Waals surface area (Å²) in [5, 5.41) is 13.9. The number of nitrogens with one attached hydrogen (secondary N) is 2. The predicted molar refractivity (Wildman–Crippen MR) is 72.4 cm³/mol. The maximum Gasteiger partial charge on any atom is 0.412 e. The van der Waals surface area contributed by atoms with Gasteiger partial charge in [-0.05, 0) is 39.0 Å². The van der Waals surface area contributed by atoms with Crippen molar-refractivity contribution in [1.82, 2.24) is 0 Å². The van der Waals surface area contributed by atoms with E-state index in [-0.39, 0.29) is 6.54 Å². The van der Waals surface area contributed by atoms with E-state index >= 15 is 0 Å². The molecule has 1 aromatic carbocycles. The molecule has 19 heavy (non-hydrogen) atoms. The quantitative estimate of drug-likeness (QED) is 0.779. The number of hydrogen-bond acceptors (Lipinski definition) is 4. The molecule has 0 aliphatic carbocycles. The number of benzene rings is 1. The van der Waals surface area contributed by atoms with Gasteiger partial charge in [-0.25, -0.2) is 4.79 Å². The summed E-state index contributed by atoms with van der Waals surface area (Å²) < 4.78 is 5.12. The number of aliphatic carboxylic acids is 1. The molecule has 0 heterocycles. The van der Waals surface area contributed by atoms with E-state index in [4.69, 9.17) is 9.84 Å². The van der Waals surface area contributed by atoms with Crippen molar-refractivity contribution >= 4 is 23.4 Å². The van der Waals surface area contributed by atoms with Gasteiger partial charge in [-0.3, -0.25) is 10.1 Å². The van der Waals surface area contributed by atoms with Gasteiger partial charge < -0.3 is 15.2 Å². The van der Waals surface area contributed by atoms with Gasteiger partial charge in [0.25, 0.3) is 0 Å². The zero-order valence-electron chi connectivity index (χ0n) is 11.2. The minimum atomic E-state index is -0.953. The van der Waals surface area contributed by atoms with Gasteiger partial charge in [-0.1, -0.05) is 6.07 Å². The third-order valence-electron chi connectivity index (χ3n) is 1.95. The summed E-state index contributed by atoms with van der Waals surface area (Å²) in [4.78, 5) is 22.0. The molecule has 1 aromatic rings. The van der Waals surface area contributed by atoms with Crippen molar-refractivity contribution in [2.75, 3.05) is 17.2 Å². The van der Waals surface area contributed by atoms with E-state index in [1.165, 1.54) is 0 Å². The Bertz CT molecular complexity index is 466. The number of hydrogen-bond donors (Lipinski definition) is 3. The van der Waals surface area contributed by atoms with E-state index in [2.05, 4.69) is 10.6 Å². The van der Waals surface area contributed by atoms with Crippen molar-refractivity contribution in [2.45, 2.75) is 26.4 Å². The lowest BCUT2D eigenvalue weighted by atomic mass is 10.2. The normalized spacial score (nSPS) is 10.7. The van der Waals surface area contributed by atoms with E-state index in [1.54, 1.807) is 45.0 Å². The number of anilines is 2. The number of amides is 1. The smallest absolute Gasteiger partial charge is 0.412 e. The molecule has 0 atom stereocenters. The Hall–Kier alpha value is -2.24. The molecule has 0 unspecified atom stereocenters. The molecule has 0 saturated heterocycles. The summed E-state index contributed by atoms with van der Waals surface area (Å²) in [6.45, 7) is 5.14. The first-order valence-electron chi connectivity index (χ1n) is 5.82. The molecule has 0 bridgehead atoms. The lowest BCUT2D eigenvalue weighted by Gasteiger charge is -2.19. The van der Waals surface area contributed by atoms with Crippen LogP contribution in [0.2, 0.25) is 0 Å². The Morgan fingerprint density at radius 3 is 2.47 bits per heavy atom. The average Bonchev–Trinajstić information content (AvgIpc) is 2.24. The fourth-order valence-electron chi connectivity index (χ4n) is 1.31. The molecular weight excluding hydrogens is 248 g/mol. The summed E-state index contributed by atoms with van der Waals surface area (Å²) in [5.41, 5.74) is 0.573. The molecule has 0 radical (unpaired) electrons. The first-order chi connectivity index (χ1) is 8.76. The van der Waals surface area contributed by atoms with Gasteiger partial charge in [0, 0.05) is 11.4 Å². The summed E-state index contributed by atoms with van der Waals surface area (Å²) in [6.07, 6.45) is -0.553. The highest BCUT2D eigenvalue weighted by atomic mass is 16.6. The van der Waals surface area contributed by atoms with Crippen LogP contribution in [0, 0.1) is 0 Å². The summed E-state index contributed by atoms with van der Waals surface area (Å²) >= 11 is 0. The van der Waals surface area contributed by atoms with Crippen LogP contribution in [0.3, 0.4) is 0 Å². The molecule has 1 amide bonds. The van der Waals surface area contributed by atoms with Crippen LogP contribution in [-0.4, -0.2) is 29.3 Å². The zero-order valence-corrected chi connectivity index (χ0v) is 11.2. The Kier molecular flexibility index (Phi) is 4.74. The third kappa shape index (κ3) is 6.30. The maximum atomic E-state index is 11.6. The number of ether oxygens (including phenoxy) is 1. The molecule has 0 aliphatic rings. The van der Waals surface area contributed by atoms with Gasteiger partial charge in [0.2, 0.25) is 0 Å². The van der Waals surface area contributed by atoms with Gasteiger partial charge >= 0.3 is 12.1 Å². The van der Waals surface area contributed by atoms with Crippen LogP contribution in [0.5, 0.6) is 0 Å². The van der Waals surface area contributed by atoms with Crippen LogP contribution in [0.4, 0.5) is 16.2 Å². The average molecular weight is 266 g/mol. The van der Waals surface area contributed by atoms with Gasteiger partial charge in [0.1, 0.15) is 12.1 Å². The van der Waals surface area contributed by atoms with Gasteiger partial charge in [0.15, 0.2) is 0 Å². The molecule has 0 saturated carbocycles. The molecule has 0 spiro atoms. The Balaban J connectivity index is 2.61. The predicted octanol–water partition coefficient (Wildman–Crippen LogP) is 2.53. The highest BCUT2D eigenvalue weighted by molar-refractivity contribution is 5.85. The van der Waals surface area contributed by atoms with E-state index in [0.29, 0.717) is 11.4 Å².